The normalized spacial score (nSPS) is 22.7. The van der Waals surface area contributed by atoms with E-state index in [9.17, 15) is 8.42 Å². The van der Waals surface area contributed by atoms with E-state index in [4.69, 9.17) is 0 Å². The van der Waals surface area contributed by atoms with Crippen molar-refractivity contribution in [3.63, 3.8) is 0 Å². The predicted octanol–water partition coefficient (Wildman–Crippen LogP) is 2.14. The Morgan fingerprint density at radius 2 is 1.92 bits per heavy atom. The van der Waals surface area contributed by atoms with Crippen LogP contribution in [0.4, 0.5) is 0 Å². The molecule has 1 saturated carbocycles. The summed E-state index contributed by atoms with van der Waals surface area (Å²) in [6, 6.07) is 4.42. The van der Waals surface area contributed by atoms with Crippen molar-refractivity contribution in [2.24, 2.45) is 0 Å². The second kappa shape index (κ2) is 9.12. The molecule has 0 spiro atoms. The third-order valence-electron chi connectivity index (χ3n) is 5.78. The Kier molecular flexibility index (Phi) is 7.10. The van der Waals surface area contributed by atoms with Crippen LogP contribution in [0.3, 0.4) is 0 Å². The molecular formula is C18H32N4O2S2. The first-order chi connectivity index (χ1) is 12.5. The van der Waals surface area contributed by atoms with Crippen molar-refractivity contribution in [2.75, 3.05) is 46.8 Å². The van der Waals surface area contributed by atoms with Gasteiger partial charge in [0.05, 0.1) is 6.04 Å². The fourth-order valence-corrected chi connectivity index (χ4v) is 5.99. The standard InChI is InChI=1S/C18H32N4O2S2/c1-20-10-12-22(13-11-20)17(18-9-6-14-25-18)15-19-26(23,24)21(2)16-7-4-3-5-8-16/h6,9,14,16-17,19H,3-5,7-8,10-13,15H2,1-2H3/t17-/m1/s1. The topological polar surface area (TPSA) is 55.9 Å². The van der Waals surface area contributed by atoms with Crippen molar-refractivity contribution in [1.82, 2.24) is 18.8 Å². The predicted molar refractivity (Wildman–Crippen MR) is 108 cm³/mol. The average molecular weight is 401 g/mol. The minimum atomic E-state index is -3.44. The Morgan fingerprint density at radius 1 is 1.23 bits per heavy atom. The Labute approximate surface area is 162 Å². The zero-order valence-corrected chi connectivity index (χ0v) is 17.6. The summed E-state index contributed by atoms with van der Waals surface area (Å²) < 4.78 is 30.1. The molecular weight excluding hydrogens is 368 g/mol. The maximum atomic E-state index is 12.8. The van der Waals surface area contributed by atoms with Crippen LogP contribution in [-0.4, -0.2) is 75.4 Å². The Hall–Kier alpha value is -0.510. The van der Waals surface area contributed by atoms with Crippen LogP contribution in [0, 0.1) is 0 Å². The summed E-state index contributed by atoms with van der Waals surface area (Å²) in [7, 11) is 0.424. The molecule has 0 aromatic carbocycles. The van der Waals surface area contributed by atoms with E-state index in [0.717, 1.165) is 51.9 Å². The molecule has 2 aliphatic rings. The van der Waals surface area contributed by atoms with E-state index in [-0.39, 0.29) is 12.1 Å². The molecule has 26 heavy (non-hydrogen) atoms. The van der Waals surface area contributed by atoms with E-state index in [1.807, 2.05) is 6.07 Å². The number of rotatable bonds is 7. The van der Waals surface area contributed by atoms with E-state index in [1.165, 1.54) is 11.3 Å². The maximum absolute atomic E-state index is 12.8. The summed E-state index contributed by atoms with van der Waals surface area (Å²) >= 11 is 1.71. The molecule has 8 heteroatoms. The summed E-state index contributed by atoms with van der Waals surface area (Å²) in [4.78, 5) is 5.97. The highest BCUT2D eigenvalue weighted by Crippen LogP contribution is 2.27. The molecule has 148 valence electrons. The molecule has 2 heterocycles. The summed E-state index contributed by atoms with van der Waals surface area (Å²) in [6.45, 7) is 4.43. The summed E-state index contributed by atoms with van der Waals surface area (Å²) in [5, 5.41) is 2.07. The van der Waals surface area contributed by atoms with Gasteiger partial charge >= 0.3 is 0 Å². The van der Waals surface area contributed by atoms with Gasteiger partial charge in [-0.3, -0.25) is 4.90 Å². The van der Waals surface area contributed by atoms with Crippen molar-refractivity contribution in [2.45, 2.75) is 44.2 Å². The summed E-state index contributed by atoms with van der Waals surface area (Å²) in [6.07, 6.45) is 5.43. The van der Waals surface area contributed by atoms with Gasteiger partial charge in [0, 0.05) is 50.7 Å². The Morgan fingerprint density at radius 3 is 2.54 bits per heavy atom. The first-order valence-corrected chi connectivity index (χ1v) is 12.0. The molecule has 0 unspecified atom stereocenters. The zero-order valence-electron chi connectivity index (χ0n) is 15.9. The molecule has 1 saturated heterocycles. The lowest BCUT2D eigenvalue weighted by atomic mass is 9.96. The van der Waals surface area contributed by atoms with E-state index in [2.05, 4.69) is 33.0 Å². The number of thiophene rings is 1. The van der Waals surface area contributed by atoms with E-state index >= 15 is 0 Å². The van der Waals surface area contributed by atoms with Crippen LogP contribution >= 0.6 is 11.3 Å². The van der Waals surface area contributed by atoms with Crippen molar-refractivity contribution in [3.05, 3.63) is 22.4 Å². The van der Waals surface area contributed by atoms with Crippen LogP contribution in [0.25, 0.3) is 0 Å². The van der Waals surface area contributed by atoms with Crippen molar-refractivity contribution in [3.8, 4) is 0 Å². The first kappa shape index (κ1) is 20.2. The number of hydrogen-bond donors (Lipinski definition) is 1. The SMILES string of the molecule is CN1CCN([C@H](CNS(=O)(=O)N(C)C2CCCCC2)c2cccs2)CC1. The molecule has 1 N–H and O–H groups in total. The minimum absolute atomic E-state index is 0.109. The number of nitrogens with zero attached hydrogens (tertiary/aromatic N) is 3. The highest BCUT2D eigenvalue weighted by Gasteiger charge is 2.30. The molecule has 6 nitrogen and oxygen atoms in total. The van der Waals surface area contributed by atoms with Crippen LogP contribution in [0.5, 0.6) is 0 Å². The fourth-order valence-electron chi connectivity index (χ4n) is 3.95. The van der Waals surface area contributed by atoms with Gasteiger partial charge < -0.3 is 4.90 Å². The quantitative estimate of drug-likeness (QED) is 0.762. The average Bonchev–Trinajstić information content (AvgIpc) is 3.18. The second-order valence-corrected chi connectivity index (χ2v) is 10.3. The van der Waals surface area contributed by atoms with Gasteiger partial charge in [-0.25, -0.2) is 4.72 Å². The van der Waals surface area contributed by atoms with Crippen LogP contribution in [-0.2, 0) is 10.2 Å². The van der Waals surface area contributed by atoms with Gasteiger partial charge in [-0.2, -0.15) is 12.7 Å². The van der Waals surface area contributed by atoms with E-state index in [0.29, 0.717) is 6.54 Å². The van der Waals surface area contributed by atoms with Gasteiger partial charge in [-0.05, 0) is 31.3 Å². The van der Waals surface area contributed by atoms with E-state index in [1.54, 1.807) is 22.7 Å². The van der Waals surface area contributed by atoms with Gasteiger partial charge in [-0.1, -0.05) is 25.3 Å². The van der Waals surface area contributed by atoms with Crippen LogP contribution < -0.4 is 4.72 Å². The third-order valence-corrected chi connectivity index (χ3v) is 8.34. The lowest BCUT2D eigenvalue weighted by Crippen LogP contribution is -2.50. The van der Waals surface area contributed by atoms with Gasteiger partial charge in [0.25, 0.3) is 10.2 Å². The Balaban J connectivity index is 1.65. The van der Waals surface area contributed by atoms with Crippen molar-refractivity contribution >= 4 is 21.5 Å². The fraction of sp³-hybridized carbons (Fsp3) is 0.778. The van der Waals surface area contributed by atoms with Crippen LogP contribution in [0.15, 0.2) is 17.5 Å². The molecule has 0 amide bonds. The number of piperazine rings is 1. The molecule has 1 aliphatic carbocycles. The molecule has 2 fully saturated rings. The highest BCUT2D eigenvalue weighted by molar-refractivity contribution is 7.87. The summed E-state index contributed by atoms with van der Waals surface area (Å²) in [5.74, 6) is 0. The van der Waals surface area contributed by atoms with Crippen molar-refractivity contribution in [1.29, 1.82) is 0 Å². The first-order valence-electron chi connectivity index (χ1n) is 9.66. The van der Waals surface area contributed by atoms with Gasteiger partial charge in [0.15, 0.2) is 0 Å². The molecule has 3 rings (SSSR count). The van der Waals surface area contributed by atoms with Crippen molar-refractivity contribution < 1.29 is 8.42 Å². The lowest BCUT2D eigenvalue weighted by molar-refractivity contribution is 0.114. The molecule has 0 bridgehead atoms. The number of likely N-dealkylation sites (N-methyl/N-ethyl adjacent to an activating group) is 1. The second-order valence-electron chi connectivity index (χ2n) is 7.53. The van der Waals surface area contributed by atoms with E-state index < -0.39 is 10.2 Å². The van der Waals surface area contributed by atoms with Crippen LogP contribution in [0.2, 0.25) is 0 Å². The molecule has 1 aromatic heterocycles. The molecule has 1 aliphatic heterocycles. The van der Waals surface area contributed by atoms with Gasteiger partial charge in [-0.15, -0.1) is 11.3 Å². The van der Waals surface area contributed by atoms with Gasteiger partial charge in [0.2, 0.25) is 0 Å². The maximum Gasteiger partial charge on any atom is 0.279 e. The molecule has 1 aromatic rings. The zero-order chi connectivity index (χ0) is 18.6. The molecule has 0 radical (unpaired) electrons. The number of nitrogens with one attached hydrogen (secondary N) is 1. The smallest absolute Gasteiger partial charge is 0.279 e. The number of hydrogen-bond acceptors (Lipinski definition) is 5. The summed E-state index contributed by atoms with van der Waals surface area (Å²) in [5.41, 5.74) is 0. The third kappa shape index (κ3) is 5.05. The highest BCUT2D eigenvalue weighted by atomic mass is 32.2. The monoisotopic (exact) mass is 400 g/mol. The molecule has 1 atom stereocenters. The van der Waals surface area contributed by atoms with Crippen LogP contribution in [0.1, 0.15) is 43.0 Å². The van der Waals surface area contributed by atoms with Gasteiger partial charge in [0.1, 0.15) is 0 Å². The lowest BCUT2D eigenvalue weighted by Gasteiger charge is -2.38. The Bertz CT molecular complexity index is 636. The minimum Gasteiger partial charge on any atom is -0.304 e. The largest absolute Gasteiger partial charge is 0.304 e.